The standard InChI is InChI=1S/C12H15ClN2O4/c1-3-14(4-2)12(16)8-19-11-6-5-9(13)7-10(11)15(17)18/h5-7H,3-4,8H2,1-2H3. The van der Waals surface area contributed by atoms with Gasteiger partial charge in [-0.2, -0.15) is 0 Å². The molecule has 1 aromatic carbocycles. The summed E-state index contributed by atoms with van der Waals surface area (Å²) in [5.74, 6) is -0.177. The fraction of sp³-hybridized carbons (Fsp3) is 0.417. The van der Waals surface area contributed by atoms with Crippen molar-refractivity contribution in [1.29, 1.82) is 0 Å². The molecule has 1 aromatic rings. The van der Waals surface area contributed by atoms with Crippen molar-refractivity contribution >= 4 is 23.2 Å². The topological polar surface area (TPSA) is 72.7 Å². The van der Waals surface area contributed by atoms with Crippen LogP contribution in [0.4, 0.5) is 5.69 Å². The van der Waals surface area contributed by atoms with Gasteiger partial charge < -0.3 is 9.64 Å². The fourth-order valence-corrected chi connectivity index (χ4v) is 1.73. The summed E-state index contributed by atoms with van der Waals surface area (Å²) in [5.41, 5.74) is -0.250. The highest BCUT2D eigenvalue weighted by atomic mass is 35.5. The van der Waals surface area contributed by atoms with Gasteiger partial charge in [0.15, 0.2) is 12.4 Å². The molecule has 104 valence electrons. The minimum Gasteiger partial charge on any atom is -0.477 e. The van der Waals surface area contributed by atoms with Gasteiger partial charge in [0.1, 0.15) is 0 Å². The molecule has 0 aliphatic heterocycles. The number of benzene rings is 1. The van der Waals surface area contributed by atoms with Gasteiger partial charge in [0.2, 0.25) is 0 Å². The van der Waals surface area contributed by atoms with Crippen molar-refractivity contribution in [3.8, 4) is 5.75 Å². The molecule has 0 saturated carbocycles. The zero-order chi connectivity index (χ0) is 14.4. The number of rotatable bonds is 6. The van der Waals surface area contributed by atoms with Gasteiger partial charge in [0, 0.05) is 24.2 Å². The summed E-state index contributed by atoms with van der Waals surface area (Å²) in [6.07, 6.45) is 0. The van der Waals surface area contributed by atoms with Crippen LogP contribution in [0, 0.1) is 10.1 Å². The van der Waals surface area contributed by atoms with Crippen LogP contribution in [0.2, 0.25) is 5.02 Å². The van der Waals surface area contributed by atoms with Gasteiger partial charge in [-0.25, -0.2) is 0 Å². The quantitative estimate of drug-likeness (QED) is 0.595. The molecule has 19 heavy (non-hydrogen) atoms. The lowest BCUT2D eigenvalue weighted by atomic mass is 10.3. The number of nitro groups is 1. The maximum atomic E-state index is 11.7. The number of nitro benzene ring substituents is 1. The van der Waals surface area contributed by atoms with E-state index in [0.29, 0.717) is 13.1 Å². The predicted octanol–water partition coefficient (Wildman–Crippen LogP) is 2.50. The number of ether oxygens (including phenoxy) is 1. The lowest BCUT2D eigenvalue weighted by Crippen LogP contribution is -2.34. The molecule has 0 unspecified atom stereocenters. The Morgan fingerprint density at radius 1 is 1.42 bits per heavy atom. The van der Waals surface area contributed by atoms with Crippen LogP contribution in [0.15, 0.2) is 18.2 Å². The SMILES string of the molecule is CCN(CC)C(=O)COc1ccc(Cl)cc1[N+](=O)[O-]. The molecule has 7 heteroatoms. The number of hydrogen-bond acceptors (Lipinski definition) is 4. The molecule has 0 radical (unpaired) electrons. The molecule has 0 saturated heterocycles. The number of halogens is 1. The summed E-state index contributed by atoms with van der Waals surface area (Å²) in [6, 6.07) is 4.06. The zero-order valence-electron chi connectivity index (χ0n) is 10.8. The molecule has 0 aliphatic rings. The van der Waals surface area contributed by atoms with E-state index in [2.05, 4.69) is 0 Å². The van der Waals surface area contributed by atoms with E-state index in [1.165, 1.54) is 18.2 Å². The molecule has 0 heterocycles. The highest BCUT2D eigenvalue weighted by molar-refractivity contribution is 6.30. The molecule has 0 N–H and O–H groups in total. The lowest BCUT2D eigenvalue weighted by Gasteiger charge is -2.18. The van der Waals surface area contributed by atoms with Crippen LogP contribution in [-0.4, -0.2) is 35.4 Å². The van der Waals surface area contributed by atoms with Crippen molar-refractivity contribution in [2.75, 3.05) is 19.7 Å². The molecule has 0 bridgehead atoms. The van der Waals surface area contributed by atoms with E-state index in [4.69, 9.17) is 16.3 Å². The van der Waals surface area contributed by atoms with Crippen LogP contribution in [-0.2, 0) is 4.79 Å². The third-order valence-corrected chi connectivity index (χ3v) is 2.82. The largest absolute Gasteiger partial charge is 0.477 e. The number of likely N-dealkylation sites (N-methyl/N-ethyl adjacent to an activating group) is 1. The van der Waals surface area contributed by atoms with Crippen molar-refractivity contribution in [1.82, 2.24) is 4.90 Å². The molecular weight excluding hydrogens is 272 g/mol. The Morgan fingerprint density at radius 3 is 2.58 bits per heavy atom. The van der Waals surface area contributed by atoms with E-state index in [0.717, 1.165) is 0 Å². The van der Waals surface area contributed by atoms with Gasteiger partial charge in [-0.1, -0.05) is 11.6 Å². The first-order valence-corrected chi connectivity index (χ1v) is 6.21. The van der Waals surface area contributed by atoms with Crippen LogP contribution in [0.5, 0.6) is 5.75 Å². The Hall–Kier alpha value is -1.82. The van der Waals surface area contributed by atoms with Gasteiger partial charge in [-0.3, -0.25) is 14.9 Å². The molecule has 0 atom stereocenters. The van der Waals surface area contributed by atoms with Crippen LogP contribution in [0.1, 0.15) is 13.8 Å². The van der Waals surface area contributed by atoms with Crippen LogP contribution >= 0.6 is 11.6 Å². The third-order valence-electron chi connectivity index (χ3n) is 2.58. The number of amides is 1. The van der Waals surface area contributed by atoms with Crippen molar-refractivity contribution in [2.45, 2.75) is 13.8 Å². The van der Waals surface area contributed by atoms with E-state index in [-0.39, 0.29) is 29.0 Å². The van der Waals surface area contributed by atoms with Gasteiger partial charge in [0.05, 0.1) is 4.92 Å². The highest BCUT2D eigenvalue weighted by Crippen LogP contribution is 2.29. The molecule has 0 aromatic heterocycles. The number of carbonyl (C=O) groups excluding carboxylic acids is 1. The van der Waals surface area contributed by atoms with Gasteiger partial charge in [-0.05, 0) is 26.0 Å². The third kappa shape index (κ3) is 4.10. The minimum atomic E-state index is -0.594. The Morgan fingerprint density at radius 2 is 2.05 bits per heavy atom. The minimum absolute atomic E-state index is 0.0370. The smallest absolute Gasteiger partial charge is 0.312 e. The van der Waals surface area contributed by atoms with E-state index < -0.39 is 4.92 Å². The molecule has 1 amide bonds. The van der Waals surface area contributed by atoms with Crippen LogP contribution < -0.4 is 4.74 Å². The van der Waals surface area contributed by atoms with Gasteiger partial charge >= 0.3 is 5.69 Å². The Labute approximate surface area is 116 Å². The van der Waals surface area contributed by atoms with E-state index in [1.54, 1.807) is 4.90 Å². The Kier molecular flexibility index (Phi) is 5.57. The van der Waals surface area contributed by atoms with Crippen molar-refractivity contribution in [2.24, 2.45) is 0 Å². The molecule has 0 aliphatic carbocycles. The fourth-order valence-electron chi connectivity index (χ4n) is 1.56. The summed E-state index contributed by atoms with van der Waals surface area (Å²) in [6.45, 7) is 4.62. The van der Waals surface area contributed by atoms with E-state index in [1.807, 2.05) is 13.8 Å². The number of hydrogen-bond donors (Lipinski definition) is 0. The molecule has 6 nitrogen and oxygen atoms in total. The molecule has 0 spiro atoms. The maximum absolute atomic E-state index is 11.7. The average Bonchev–Trinajstić information content (AvgIpc) is 2.38. The summed E-state index contributed by atoms with van der Waals surface area (Å²) in [7, 11) is 0. The summed E-state index contributed by atoms with van der Waals surface area (Å²) < 4.78 is 5.21. The van der Waals surface area contributed by atoms with Crippen molar-refractivity contribution < 1.29 is 14.5 Å². The van der Waals surface area contributed by atoms with Gasteiger partial charge in [-0.15, -0.1) is 0 Å². The Bertz CT molecular complexity index is 475. The molecular formula is C12H15ClN2O4. The molecule has 1 rings (SSSR count). The second-order valence-electron chi connectivity index (χ2n) is 3.72. The first kappa shape index (κ1) is 15.2. The first-order chi connectivity index (χ1) is 8.99. The van der Waals surface area contributed by atoms with Crippen molar-refractivity contribution in [3.63, 3.8) is 0 Å². The summed E-state index contributed by atoms with van der Waals surface area (Å²) >= 11 is 5.68. The Balaban J connectivity index is 2.78. The van der Waals surface area contributed by atoms with Crippen LogP contribution in [0.3, 0.4) is 0 Å². The van der Waals surface area contributed by atoms with E-state index >= 15 is 0 Å². The second-order valence-corrected chi connectivity index (χ2v) is 4.16. The van der Waals surface area contributed by atoms with Crippen LogP contribution in [0.25, 0.3) is 0 Å². The highest BCUT2D eigenvalue weighted by Gasteiger charge is 2.18. The maximum Gasteiger partial charge on any atom is 0.312 e. The first-order valence-electron chi connectivity index (χ1n) is 5.84. The normalized spacial score (nSPS) is 10.1. The summed E-state index contributed by atoms with van der Waals surface area (Å²) in [4.78, 5) is 23.6. The zero-order valence-corrected chi connectivity index (χ0v) is 11.5. The monoisotopic (exact) mass is 286 g/mol. The molecule has 0 fully saturated rings. The van der Waals surface area contributed by atoms with Crippen molar-refractivity contribution in [3.05, 3.63) is 33.3 Å². The average molecular weight is 287 g/mol. The summed E-state index contributed by atoms with van der Waals surface area (Å²) in [5, 5.41) is 11.1. The van der Waals surface area contributed by atoms with E-state index in [9.17, 15) is 14.9 Å². The number of nitrogens with zero attached hydrogens (tertiary/aromatic N) is 2. The number of carbonyl (C=O) groups is 1. The second kappa shape index (κ2) is 6.94. The lowest BCUT2D eigenvalue weighted by molar-refractivity contribution is -0.385. The predicted molar refractivity (Wildman–Crippen MR) is 71.5 cm³/mol. The van der Waals surface area contributed by atoms with Gasteiger partial charge in [0.25, 0.3) is 5.91 Å².